The third-order valence-electron chi connectivity index (χ3n) is 7.26. The van der Waals surface area contributed by atoms with E-state index in [1.165, 1.54) is 33.7 Å². The van der Waals surface area contributed by atoms with Crippen molar-refractivity contribution in [1.29, 1.82) is 0 Å². The molecule has 1 aliphatic rings. The van der Waals surface area contributed by atoms with Gasteiger partial charge in [-0.3, -0.25) is 14.9 Å². The van der Waals surface area contributed by atoms with Crippen LogP contribution in [0.1, 0.15) is 40.3 Å². The van der Waals surface area contributed by atoms with Gasteiger partial charge in [0.05, 0.1) is 0 Å². The second-order valence-corrected chi connectivity index (χ2v) is 9.58. The molecule has 190 valence electrons. The van der Waals surface area contributed by atoms with Crippen molar-refractivity contribution in [3.05, 3.63) is 107 Å². The molecule has 6 heteroatoms. The normalized spacial score (nSPS) is 14.9. The smallest absolute Gasteiger partial charge is 0.267 e. The molecule has 1 aromatic heterocycles. The van der Waals surface area contributed by atoms with Crippen LogP contribution in [0.3, 0.4) is 0 Å². The van der Waals surface area contributed by atoms with Crippen molar-refractivity contribution in [2.75, 3.05) is 19.7 Å². The topological polar surface area (TPSA) is 77.6 Å². The number of fused-ring (bicyclic) bond motifs is 2. The van der Waals surface area contributed by atoms with Crippen LogP contribution in [0, 0.1) is 6.92 Å². The molecule has 1 atom stereocenters. The summed E-state index contributed by atoms with van der Waals surface area (Å²) >= 11 is 0. The van der Waals surface area contributed by atoms with Crippen LogP contribution in [0.15, 0.2) is 79.0 Å². The zero-order valence-electron chi connectivity index (χ0n) is 21.1. The van der Waals surface area contributed by atoms with Gasteiger partial charge in [0.1, 0.15) is 12.4 Å². The SMILES string of the molecule is Cc1ccccc1OCCN(CCc1c[nH]c2ccccc12)C1CCc2cc(/C=C/C(=O)NO)ccc21. The van der Waals surface area contributed by atoms with E-state index in [0.29, 0.717) is 12.6 Å². The van der Waals surface area contributed by atoms with Gasteiger partial charge >= 0.3 is 0 Å². The molecule has 1 aliphatic carbocycles. The molecular formula is C31H33N3O3. The Morgan fingerprint density at radius 3 is 2.84 bits per heavy atom. The monoisotopic (exact) mass is 495 g/mol. The lowest BCUT2D eigenvalue weighted by Crippen LogP contribution is -2.33. The summed E-state index contributed by atoms with van der Waals surface area (Å²) < 4.78 is 6.19. The quantitative estimate of drug-likeness (QED) is 0.152. The van der Waals surface area contributed by atoms with Crippen LogP contribution < -0.4 is 10.2 Å². The minimum absolute atomic E-state index is 0.319. The van der Waals surface area contributed by atoms with Gasteiger partial charge in [0.2, 0.25) is 0 Å². The van der Waals surface area contributed by atoms with Crippen LogP contribution in [0.4, 0.5) is 0 Å². The molecule has 3 aromatic carbocycles. The van der Waals surface area contributed by atoms with Gasteiger partial charge in [-0.2, -0.15) is 0 Å². The highest BCUT2D eigenvalue weighted by atomic mass is 16.5. The summed E-state index contributed by atoms with van der Waals surface area (Å²) in [5.41, 5.74) is 8.91. The number of aryl methyl sites for hydroxylation is 2. The lowest BCUT2D eigenvalue weighted by atomic mass is 10.0. The Labute approximate surface area is 217 Å². The summed E-state index contributed by atoms with van der Waals surface area (Å²) in [5, 5.41) is 10.0. The number of rotatable bonds is 10. The van der Waals surface area contributed by atoms with Crippen LogP contribution >= 0.6 is 0 Å². The highest BCUT2D eigenvalue weighted by molar-refractivity contribution is 5.90. The Hall–Kier alpha value is -3.87. The number of ether oxygens (including phenoxy) is 1. The highest BCUT2D eigenvalue weighted by Crippen LogP contribution is 2.37. The lowest BCUT2D eigenvalue weighted by Gasteiger charge is -2.30. The number of H-pyrrole nitrogens is 1. The molecule has 0 saturated carbocycles. The average Bonchev–Trinajstić information content (AvgIpc) is 3.54. The molecule has 1 unspecified atom stereocenters. The number of nitrogens with one attached hydrogen (secondary N) is 2. The zero-order chi connectivity index (χ0) is 25.6. The van der Waals surface area contributed by atoms with Crippen molar-refractivity contribution < 1.29 is 14.7 Å². The Bertz CT molecular complexity index is 1410. The van der Waals surface area contributed by atoms with Crippen molar-refractivity contribution in [1.82, 2.24) is 15.4 Å². The van der Waals surface area contributed by atoms with Crippen molar-refractivity contribution in [3.63, 3.8) is 0 Å². The van der Waals surface area contributed by atoms with E-state index in [0.717, 1.165) is 49.2 Å². The van der Waals surface area contributed by atoms with Gasteiger partial charge in [0.25, 0.3) is 5.91 Å². The Morgan fingerprint density at radius 1 is 1.14 bits per heavy atom. The van der Waals surface area contributed by atoms with Gasteiger partial charge in [-0.1, -0.05) is 54.6 Å². The molecule has 6 nitrogen and oxygen atoms in total. The van der Waals surface area contributed by atoms with Crippen molar-refractivity contribution in [2.24, 2.45) is 0 Å². The molecular weight excluding hydrogens is 462 g/mol. The van der Waals surface area contributed by atoms with Crippen molar-refractivity contribution in [3.8, 4) is 5.75 Å². The fourth-order valence-corrected chi connectivity index (χ4v) is 5.32. The van der Waals surface area contributed by atoms with E-state index in [2.05, 4.69) is 65.5 Å². The number of carbonyl (C=O) groups excluding carboxylic acids is 1. The van der Waals surface area contributed by atoms with Gasteiger partial charge in [-0.25, -0.2) is 5.48 Å². The Kier molecular flexibility index (Phi) is 7.68. The maximum absolute atomic E-state index is 11.4. The molecule has 0 aliphatic heterocycles. The van der Waals surface area contributed by atoms with E-state index in [1.54, 1.807) is 11.6 Å². The number of para-hydroxylation sites is 2. The van der Waals surface area contributed by atoms with Gasteiger partial charge in [-0.05, 0) is 72.2 Å². The van der Waals surface area contributed by atoms with Crippen molar-refractivity contribution >= 4 is 22.9 Å². The molecule has 5 rings (SSSR count). The Morgan fingerprint density at radius 2 is 1.97 bits per heavy atom. The lowest BCUT2D eigenvalue weighted by molar-refractivity contribution is -0.124. The maximum atomic E-state index is 11.4. The molecule has 3 N–H and O–H groups in total. The van der Waals surface area contributed by atoms with E-state index in [-0.39, 0.29) is 0 Å². The second kappa shape index (κ2) is 11.5. The summed E-state index contributed by atoms with van der Waals surface area (Å²) in [5.74, 6) is 0.407. The van der Waals surface area contributed by atoms with Crippen LogP contribution in [0.2, 0.25) is 0 Å². The molecule has 0 spiro atoms. The van der Waals surface area contributed by atoms with Crippen LogP contribution in [0.25, 0.3) is 17.0 Å². The predicted octanol–water partition coefficient (Wildman–Crippen LogP) is 5.61. The number of hydrogen-bond acceptors (Lipinski definition) is 4. The number of aromatic amines is 1. The number of hydrogen-bond donors (Lipinski definition) is 3. The predicted molar refractivity (Wildman–Crippen MR) is 147 cm³/mol. The van der Waals surface area contributed by atoms with Crippen molar-refractivity contribution in [2.45, 2.75) is 32.2 Å². The minimum Gasteiger partial charge on any atom is -0.492 e. The standard InChI is InChI=1S/C31H33N3O3/c1-22-6-2-5-9-30(22)37-19-18-34(17-16-25-21-32-28-8-4-3-7-26(25)28)29-14-12-24-20-23(10-13-27(24)29)11-15-31(35)33-36/h2-11,13,15,20-21,29,32,36H,12,14,16-19H2,1H3,(H,33,35)/b15-11+. The van der Waals surface area contributed by atoms with E-state index in [1.807, 2.05) is 24.3 Å². The fraction of sp³-hybridized carbons (Fsp3) is 0.258. The summed E-state index contributed by atoms with van der Waals surface area (Å²) in [6.07, 6.45) is 8.20. The molecule has 0 bridgehead atoms. The summed E-state index contributed by atoms with van der Waals surface area (Å²) in [6, 6.07) is 23.3. The Balaban J connectivity index is 1.33. The maximum Gasteiger partial charge on any atom is 0.267 e. The van der Waals surface area contributed by atoms with Gasteiger partial charge in [0, 0.05) is 42.3 Å². The largest absolute Gasteiger partial charge is 0.492 e. The first-order chi connectivity index (χ1) is 18.1. The molecule has 0 radical (unpaired) electrons. The van der Waals surface area contributed by atoms with E-state index in [9.17, 15) is 4.79 Å². The van der Waals surface area contributed by atoms with E-state index in [4.69, 9.17) is 9.94 Å². The fourth-order valence-electron chi connectivity index (χ4n) is 5.32. The van der Waals surface area contributed by atoms with Crippen LogP contribution in [-0.4, -0.2) is 40.7 Å². The number of amides is 1. The summed E-state index contributed by atoms with van der Waals surface area (Å²) in [6.45, 7) is 4.47. The van der Waals surface area contributed by atoms with E-state index >= 15 is 0 Å². The molecule has 0 saturated heterocycles. The zero-order valence-corrected chi connectivity index (χ0v) is 21.1. The van der Waals surface area contributed by atoms with E-state index < -0.39 is 5.91 Å². The number of aromatic nitrogens is 1. The third kappa shape index (κ3) is 5.77. The van der Waals surface area contributed by atoms with Gasteiger partial charge < -0.3 is 9.72 Å². The van der Waals surface area contributed by atoms with Gasteiger partial charge in [0.15, 0.2) is 0 Å². The second-order valence-electron chi connectivity index (χ2n) is 9.58. The first kappa shape index (κ1) is 24.8. The number of hydroxylamine groups is 1. The highest BCUT2D eigenvalue weighted by Gasteiger charge is 2.28. The molecule has 37 heavy (non-hydrogen) atoms. The summed E-state index contributed by atoms with van der Waals surface area (Å²) in [4.78, 5) is 17.3. The van der Waals surface area contributed by atoms with Crippen LogP contribution in [-0.2, 0) is 17.6 Å². The molecule has 4 aromatic rings. The number of carbonyl (C=O) groups is 1. The third-order valence-corrected chi connectivity index (χ3v) is 7.26. The number of benzene rings is 3. The van der Waals surface area contributed by atoms with Crippen LogP contribution in [0.5, 0.6) is 5.75 Å². The molecule has 1 heterocycles. The molecule has 0 fully saturated rings. The first-order valence-electron chi connectivity index (χ1n) is 12.8. The minimum atomic E-state index is -0.532. The average molecular weight is 496 g/mol. The summed E-state index contributed by atoms with van der Waals surface area (Å²) in [7, 11) is 0. The number of nitrogens with zero attached hydrogens (tertiary/aromatic N) is 1. The first-order valence-corrected chi connectivity index (χ1v) is 12.8. The van der Waals surface area contributed by atoms with Gasteiger partial charge in [-0.15, -0.1) is 0 Å². The molecule has 1 amide bonds.